The first-order valence-corrected chi connectivity index (χ1v) is 21.0. The third-order valence-corrected chi connectivity index (χ3v) is 10.4. The van der Waals surface area contributed by atoms with Gasteiger partial charge in [-0.05, 0) is 44.4 Å². The van der Waals surface area contributed by atoms with Gasteiger partial charge in [0, 0.05) is 30.2 Å². The van der Waals surface area contributed by atoms with Gasteiger partial charge in [0.1, 0.15) is 48.0 Å². The number of aliphatic carboxylic acids is 1. The average molecular weight is 931 g/mol. The zero-order chi connectivity index (χ0) is 46.8. The number of rotatable bonds is 24. The number of nitrogens with two attached hydrogens (primary N) is 2. The minimum Gasteiger partial charge on any atom is -0.508 e. The van der Waals surface area contributed by atoms with Crippen molar-refractivity contribution in [1.82, 2.24) is 42.1 Å². The van der Waals surface area contributed by atoms with E-state index in [4.69, 9.17) is 11.5 Å². The quantitative estimate of drug-likeness (QED) is 0.0430. The number of likely N-dealkylation sites (tertiary alicyclic amines) is 1. The van der Waals surface area contributed by atoms with E-state index >= 15 is 0 Å². The summed E-state index contributed by atoms with van der Waals surface area (Å²) in [4.78, 5) is 129. The second-order valence-corrected chi connectivity index (χ2v) is 15.3. The number of carbonyl (C=O) groups is 10. The third kappa shape index (κ3) is 16.5. The summed E-state index contributed by atoms with van der Waals surface area (Å²) in [7, 11) is 0. The number of thiol groups is 3. The second kappa shape index (κ2) is 25.6. The van der Waals surface area contributed by atoms with E-state index in [0.29, 0.717) is 12.0 Å². The maximum atomic E-state index is 13.4. The van der Waals surface area contributed by atoms with Crippen LogP contribution in [0.3, 0.4) is 0 Å². The van der Waals surface area contributed by atoms with Gasteiger partial charge in [-0.2, -0.15) is 37.9 Å². The Hall–Kier alpha value is -5.31. The predicted octanol–water partition coefficient (Wildman–Crippen LogP) is -5.57. The van der Waals surface area contributed by atoms with Gasteiger partial charge in [0.25, 0.3) is 0 Å². The van der Waals surface area contributed by atoms with Gasteiger partial charge in [0.2, 0.25) is 53.2 Å². The summed E-state index contributed by atoms with van der Waals surface area (Å²) in [6, 6.07) is -5.13. The Labute approximate surface area is 372 Å². The van der Waals surface area contributed by atoms with Crippen LogP contribution in [-0.4, -0.2) is 164 Å². The maximum Gasteiger partial charge on any atom is 0.326 e. The van der Waals surface area contributed by atoms with Crippen LogP contribution in [-0.2, 0) is 54.4 Å². The number of aromatic hydroxyl groups is 1. The minimum absolute atomic E-state index is 0.0408. The molecular weight excluding hydrogens is 877 g/mol. The van der Waals surface area contributed by atoms with Gasteiger partial charge in [-0.3, -0.25) is 43.2 Å². The van der Waals surface area contributed by atoms with E-state index in [1.165, 1.54) is 31.2 Å². The van der Waals surface area contributed by atoms with E-state index in [-0.39, 0.29) is 42.4 Å². The summed E-state index contributed by atoms with van der Waals surface area (Å²) in [6.45, 7) is 1.77. The zero-order valence-electron chi connectivity index (χ0n) is 33.7. The Balaban J connectivity index is 1.98. The fraction of sp³-hybridized carbons (Fsp3) is 0.556. The van der Waals surface area contributed by atoms with Crippen molar-refractivity contribution in [3.05, 3.63) is 29.8 Å². The molecule has 0 radical (unpaired) electrons. The number of amides is 9. The lowest BCUT2D eigenvalue weighted by Crippen LogP contribution is -2.60. The Morgan fingerprint density at radius 2 is 1.32 bits per heavy atom. The highest BCUT2D eigenvalue weighted by Crippen LogP contribution is 2.20. The van der Waals surface area contributed by atoms with Crippen LogP contribution in [0.25, 0.3) is 0 Å². The molecule has 1 aliphatic rings. The Morgan fingerprint density at radius 3 is 1.87 bits per heavy atom. The summed E-state index contributed by atoms with van der Waals surface area (Å²) in [5.41, 5.74) is 11.4. The van der Waals surface area contributed by atoms with Gasteiger partial charge in [0.05, 0.1) is 25.1 Å². The number of benzene rings is 1. The van der Waals surface area contributed by atoms with E-state index in [1.54, 1.807) is 0 Å². The normalized spacial score (nSPS) is 17.3. The Kier molecular flexibility index (Phi) is 21.8. The number of carboxylic acids is 1. The molecule has 14 N–H and O–H groups in total. The molecule has 1 heterocycles. The molecule has 1 saturated heterocycles. The Bertz CT molecular complexity index is 1810. The molecule has 0 aromatic heterocycles. The van der Waals surface area contributed by atoms with E-state index in [2.05, 4.69) is 75.1 Å². The molecule has 2 rings (SSSR count). The molecule has 1 aromatic rings. The van der Waals surface area contributed by atoms with Crippen molar-refractivity contribution in [2.45, 2.75) is 94.0 Å². The second-order valence-electron chi connectivity index (χ2n) is 14.2. The van der Waals surface area contributed by atoms with Crippen LogP contribution in [0.15, 0.2) is 24.3 Å². The molecular formula is C36H54N10O13S3. The number of carbonyl (C=O) groups excluding carboxylic acids is 9. The van der Waals surface area contributed by atoms with E-state index in [9.17, 15) is 63.3 Å². The Morgan fingerprint density at radius 1 is 0.758 bits per heavy atom. The lowest BCUT2D eigenvalue weighted by atomic mass is 10.1. The lowest BCUT2D eigenvalue weighted by molar-refractivity contribution is -0.143. The van der Waals surface area contributed by atoms with Gasteiger partial charge < -0.3 is 68.9 Å². The fourth-order valence-electron chi connectivity index (χ4n) is 5.85. The van der Waals surface area contributed by atoms with Crippen LogP contribution in [0, 0.1) is 0 Å². The number of hydrogen-bond donors (Lipinski definition) is 15. The lowest BCUT2D eigenvalue weighted by Gasteiger charge is -2.29. The van der Waals surface area contributed by atoms with Crippen LogP contribution >= 0.6 is 37.9 Å². The predicted molar refractivity (Wildman–Crippen MR) is 229 cm³/mol. The molecule has 344 valence electrons. The van der Waals surface area contributed by atoms with Gasteiger partial charge in [-0.1, -0.05) is 12.1 Å². The van der Waals surface area contributed by atoms with Crippen molar-refractivity contribution in [3.63, 3.8) is 0 Å². The molecule has 1 aromatic carbocycles. The molecule has 26 heteroatoms. The zero-order valence-corrected chi connectivity index (χ0v) is 36.4. The summed E-state index contributed by atoms with van der Waals surface area (Å²) < 4.78 is 0. The van der Waals surface area contributed by atoms with Crippen LogP contribution in [0.2, 0.25) is 0 Å². The summed E-state index contributed by atoms with van der Waals surface area (Å²) >= 11 is 12.1. The van der Waals surface area contributed by atoms with E-state index in [1.807, 2.05) is 0 Å². The summed E-state index contributed by atoms with van der Waals surface area (Å²) in [6.07, 6.45) is -1.72. The van der Waals surface area contributed by atoms with Crippen molar-refractivity contribution >= 4 is 97.0 Å². The number of hydrogen-bond acceptors (Lipinski definition) is 16. The largest absolute Gasteiger partial charge is 0.508 e. The van der Waals surface area contributed by atoms with Gasteiger partial charge in [-0.15, -0.1) is 0 Å². The first-order chi connectivity index (χ1) is 29.1. The highest BCUT2D eigenvalue weighted by molar-refractivity contribution is 7.80. The number of nitrogens with one attached hydrogen (secondary N) is 7. The standard InChI is InChI=1S/C36H54N10O13S3/c1-16(40-33(55)25-4-3-9-46(25)35(57)21(11-26(38)49)42-30(52)20(37)13-60)29(51)44-24(15-62)32(54)45-28(17(2)47)34(56)39-12-27(50)41-23(14-61)31(53)43-22(36(58)59)10-18-5-7-19(48)8-6-18/h5-8,16-17,20-25,28,47-48,60-62H,3-4,9-15,37H2,1-2H3,(H2,38,49)(H,39,56)(H,40,55)(H,41,50)(H,42,52)(H,43,53)(H,44,51)(H,45,54)(H,58,59)/t16-,17+,20-,21-,22-,23-,24-,25-,28-/m0/s1. The number of phenols is 1. The number of aliphatic hydroxyl groups excluding tert-OH is 1. The minimum atomic E-state index is -1.67. The highest BCUT2D eigenvalue weighted by Gasteiger charge is 2.40. The van der Waals surface area contributed by atoms with Crippen molar-refractivity contribution in [2.75, 3.05) is 30.3 Å². The number of aliphatic hydroxyl groups is 1. The molecule has 9 atom stereocenters. The molecule has 1 aliphatic heterocycles. The molecule has 0 unspecified atom stereocenters. The topological polar surface area (TPSA) is 371 Å². The van der Waals surface area contributed by atoms with Crippen LogP contribution < -0.4 is 48.7 Å². The number of nitrogens with zero attached hydrogens (tertiary/aromatic N) is 1. The van der Waals surface area contributed by atoms with Crippen LogP contribution in [0.4, 0.5) is 0 Å². The van der Waals surface area contributed by atoms with E-state index in [0.717, 1.165) is 11.8 Å². The average Bonchev–Trinajstić information content (AvgIpc) is 3.72. The molecule has 23 nitrogen and oxygen atoms in total. The van der Waals surface area contributed by atoms with Gasteiger partial charge in [-0.25, -0.2) is 4.79 Å². The number of phenolic OH excluding ortho intramolecular Hbond substituents is 1. The molecule has 62 heavy (non-hydrogen) atoms. The molecule has 9 amide bonds. The maximum absolute atomic E-state index is 13.4. The van der Waals surface area contributed by atoms with E-state index < -0.39 is 127 Å². The number of primary amides is 1. The molecule has 0 spiro atoms. The smallest absolute Gasteiger partial charge is 0.326 e. The SMILES string of the molecule is C[C@H](NC(=O)[C@@H]1CCCN1C(=O)[C@H](CC(N)=O)NC(=O)[C@@H](N)CS)C(=O)N[C@@H](CS)C(=O)N[C@H](C(=O)NCC(=O)N[C@@H](CS)C(=O)N[C@@H](Cc1ccc(O)cc1)C(=O)O)[C@@H](C)O. The van der Waals surface area contributed by atoms with Crippen molar-refractivity contribution in [2.24, 2.45) is 11.5 Å². The fourth-order valence-corrected chi connectivity index (χ4v) is 6.53. The van der Waals surface area contributed by atoms with Gasteiger partial charge >= 0.3 is 5.97 Å². The first kappa shape index (κ1) is 52.8. The third-order valence-electron chi connectivity index (χ3n) is 9.27. The molecule has 1 fully saturated rings. The molecule has 0 bridgehead atoms. The molecule has 0 aliphatic carbocycles. The van der Waals surface area contributed by atoms with Gasteiger partial charge in [0.15, 0.2) is 0 Å². The first-order valence-electron chi connectivity index (χ1n) is 19.1. The monoisotopic (exact) mass is 930 g/mol. The van der Waals surface area contributed by atoms with Crippen molar-refractivity contribution in [1.29, 1.82) is 0 Å². The molecule has 0 saturated carbocycles. The highest BCUT2D eigenvalue weighted by atomic mass is 32.1. The van der Waals surface area contributed by atoms with Crippen LogP contribution in [0.5, 0.6) is 5.75 Å². The summed E-state index contributed by atoms with van der Waals surface area (Å²) in [5.74, 6) is -9.99. The van der Waals surface area contributed by atoms with Crippen molar-refractivity contribution in [3.8, 4) is 5.75 Å². The number of carboxylic acid groups (broad SMARTS) is 1. The van der Waals surface area contributed by atoms with Crippen molar-refractivity contribution < 1.29 is 63.3 Å². The van der Waals surface area contributed by atoms with Crippen LogP contribution in [0.1, 0.15) is 38.7 Å². The summed E-state index contributed by atoms with van der Waals surface area (Å²) in [5, 5.41) is 45.7.